The van der Waals surface area contributed by atoms with Crippen molar-refractivity contribution in [3.05, 3.63) is 89.7 Å². The van der Waals surface area contributed by atoms with E-state index in [1.54, 1.807) is 30.6 Å². The number of carbonyl (C=O) groups is 2. The number of anilines is 2. The van der Waals surface area contributed by atoms with Gasteiger partial charge >= 0.3 is 6.09 Å². The van der Waals surface area contributed by atoms with Gasteiger partial charge in [-0.1, -0.05) is 30.3 Å². The van der Waals surface area contributed by atoms with Gasteiger partial charge in [0.05, 0.1) is 5.56 Å². The smallest absolute Gasteiger partial charge is 0.407 e. The summed E-state index contributed by atoms with van der Waals surface area (Å²) in [5.41, 5.74) is 3.82. The standard InChI is InChI=1S/C27H30FN5O3/c28-11-13-32-14-16-33(17-15-32)25-6-2-1-5-24(25)26(34)31-23-9-7-21(8-10-23)19-30-27(35)36-20-22-4-3-12-29-18-22/h1-10,12,18H,11,13-17,19-20H2,(H,30,35)(H,31,34). The Morgan fingerprint density at radius 2 is 1.72 bits per heavy atom. The number of rotatable bonds is 9. The Balaban J connectivity index is 1.28. The third-order valence-corrected chi connectivity index (χ3v) is 6.00. The maximum atomic E-state index is 13.1. The highest BCUT2D eigenvalue weighted by atomic mass is 19.1. The van der Waals surface area contributed by atoms with Crippen LogP contribution >= 0.6 is 0 Å². The van der Waals surface area contributed by atoms with Gasteiger partial charge in [0, 0.05) is 68.6 Å². The summed E-state index contributed by atoms with van der Waals surface area (Å²) >= 11 is 0. The second kappa shape index (κ2) is 12.6. The maximum Gasteiger partial charge on any atom is 0.407 e. The molecular formula is C27H30FN5O3. The number of nitrogens with one attached hydrogen (secondary N) is 2. The van der Waals surface area contributed by atoms with Crippen molar-refractivity contribution in [3.8, 4) is 0 Å². The van der Waals surface area contributed by atoms with Gasteiger partial charge in [-0.3, -0.25) is 14.7 Å². The first-order valence-electron chi connectivity index (χ1n) is 11.9. The molecule has 0 radical (unpaired) electrons. The molecule has 2 aromatic carbocycles. The Labute approximate surface area is 210 Å². The molecule has 2 amide bonds. The van der Waals surface area contributed by atoms with Gasteiger partial charge in [0.2, 0.25) is 0 Å². The highest BCUT2D eigenvalue weighted by Crippen LogP contribution is 2.23. The number of halogens is 1. The number of ether oxygens (including phenoxy) is 1. The van der Waals surface area contributed by atoms with E-state index in [-0.39, 0.29) is 19.2 Å². The van der Waals surface area contributed by atoms with Crippen LogP contribution in [0.1, 0.15) is 21.5 Å². The molecule has 9 heteroatoms. The molecule has 0 saturated carbocycles. The van der Waals surface area contributed by atoms with Crippen molar-refractivity contribution in [2.24, 2.45) is 0 Å². The minimum absolute atomic E-state index is 0.152. The third-order valence-electron chi connectivity index (χ3n) is 6.00. The van der Waals surface area contributed by atoms with Gasteiger partial charge in [0.15, 0.2) is 0 Å². The Morgan fingerprint density at radius 1 is 0.944 bits per heavy atom. The van der Waals surface area contributed by atoms with Crippen molar-refractivity contribution in [2.45, 2.75) is 13.2 Å². The molecule has 0 spiro atoms. The monoisotopic (exact) mass is 491 g/mol. The van der Waals surface area contributed by atoms with Crippen LogP contribution in [0.3, 0.4) is 0 Å². The number of benzene rings is 2. The zero-order valence-electron chi connectivity index (χ0n) is 20.0. The second-order valence-corrected chi connectivity index (χ2v) is 8.48. The van der Waals surface area contributed by atoms with Crippen LogP contribution in [0.2, 0.25) is 0 Å². The van der Waals surface area contributed by atoms with E-state index < -0.39 is 6.09 Å². The van der Waals surface area contributed by atoms with Crippen LogP contribution in [0.5, 0.6) is 0 Å². The molecule has 8 nitrogen and oxygen atoms in total. The van der Waals surface area contributed by atoms with Gasteiger partial charge in [-0.2, -0.15) is 0 Å². The molecule has 1 aromatic heterocycles. The van der Waals surface area contributed by atoms with Crippen molar-refractivity contribution >= 4 is 23.4 Å². The number of piperazine rings is 1. The lowest BCUT2D eigenvalue weighted by atomic mass is 10.1. The largest absolute Gasteiger partial charge is 0.445 e. The number of para-hydroxylation sites is 1. The van der Waals surface area contributed by atoms with E-state index in [0.29, 0.717) is 24.3 Å². The van der Waals surface area contributed by atoms with Gasteiger partial charge in [-0.15, -0.1) is 0 Å². The first-order chi connectivity index (χ1) is 17.6. The van der Waals surface area contributed by atoms with E-state index in [1.165, 1.54) is 0 Å². The summed E-state index contributed by atoms with van der Waals surface area (Å²) in [5, 5.41) is 5.67. The number of hydrogen-bond donors (Lipinski definition) is 2. The molecule has 1 fully saturated rings. The Bertz CT molecular complexity index is 1140. The highest BCUT2D eigenvalue weighted by molar-refractivity contribution is 6.08. The molecule has 2 heterocycles. The molecule has 1 saturated heterocycles. The Kier molecular flexibility index (Phi) is 8.82. The number of hydrogen-bond acceptors (Lipinski definition) is 6. The molecule has 1 aliphatic rings. The quantitative estimate of drug-likeness (QED) is 0.473. The predicted octanol–water partition coefficient (Wildman–Crippen LogP) is 3.85. The summed E-state index contributed by atoms with van der Waals surface area (Å²) in [5.74, 6) is -0.193. The van der Waals surface area contributed by atoms with E-state index in [2.05, 4.69) is 25.4 Å². The lowest BCUT2D eigenvalue weighted by Gasteiger charge is -2.36. The minimum atomic E-state index is -0.515. The number of carbonyl (C=O) groups excluding carboxylic acids is 2. The fourth-order valence-corrected chi connectivity index (χ4v) is 4.04. The summed E-state index contributed by atoms with van der Waals surface area (Å²) < 4.78 is 17.8. The van der Waals surface area contributed by atoms with Crippen LogP contribution in [0.4, 0.5) is 20.6 Å². The van der Waals surface area contributed by atoms with Crippen LogP contribution in [0.25, 0.3) is 0 Å². The molecular weight excluding hydrogens is 461 g/mol. The number of pyridine rings is 1. The first kappa shape index (κ1) is 25.1. The summed E-state index contributed by atoms with van der Waals surface area (Å²) in [6.45, 7) is 3.60. The van der Waals surface area contributed by atoms with Gasteiger partial charge in [0.1, 0.15) is 13.3 Å². The Hall–Kier alpha value is -3.98. The van der Waals surface area contributed by atoms with E-state index in [4.69, 9.17) is 4.74 Å². The zero-order chi connectivity index (χ0) is 25.2. The topological polar surface area (TPSA) is 86.8 Å². The van der Waals surface area contributed by atoms with Crippen molar-refractivity contribution in [2.75, 3.05) is 49.6 Å². The number of alkyl carbamates (subject to hydrolysis) is 1. The molecule has 188 valence electrons. The van der Waals surface area contributed by atoms with Gasteiger partial charge in [-0.05, 0) is 35.9 Å². The maximum absolute atomic E-state index is 13.1. The van der Waals surface area contributed by atoms with Crippen LogP contribution in [-0.2, 0) is 17.9 Å². The second-order valence-electron chi connectivity index (χ2n) is 8.48. The summed E-state index contributed by atoms with van der Waals surface area (Å²) in [7, 11) is 0. The normalized spacial score (nSPS) is 13.8. The van der Waals surface area contributed by atoms with E-state index in [9.17, 15) is 14.0 Å². The minimum Gasteiger partial charge on any atom is -0.445 e. The molecule has 0 aliphatic carbocycles. The lowest BCUT2D eigenvalue weighted by molar-refractivity contribution is 0.102. The molecule has 0 bridgehead atoms. The Morgan fingerprint density at radius 3 is 2.44 bits per heavy atom. The number of aromatic nitrogens is 1. The van der Waals surface area contributed by atoms with Crippen molar-refractivity contribution < 1.29 is 18.7 Å². The number of alkyl halides is 1. The lowest BCUT2D eigenvalue weighted by Crippen LogP contribution is -2.47. The predicted molar refractivity (Wildman–Crippen MR) is 137 cm³/mol. The average Bonchev–Trinajstić information content (AvgIpc) is 2.93. The molecule has 1 aliphatic heterocycles. The summed E-state index contributed by atoms with van der Waals surface area (Å²) in [6, 6.07) is 18.4. The summed E-state index contributed by atoms with van der Waals surface area (Å²) in [4.78, 5) is 33.2. The van der Waals surface area contributed by atoms with Crippen LogP contribution < -0.4 is 15.5 Å². The molecule has 0 atom stereocenters. The molecule has 36 heavy (non-hydrogen) atoms. The molecule has 4 rings (SSSR count). The van der Waals surface area contributed by atoms with E-state index in [0.717, 1.165) is 43.0 Å². The van der Waals surface area contributed by atoms with E-state index in [1.807, 2.05) is 42.5 Å². The molecule has 2 N–H and O–H groups in total. The fourth-order valence-electron chi connectivity index (χ4n) is 4.04. The number of nitrogens with zero attached hydrogens (tertiary/aromatic N) is 3. The number of amides is 2. The summed E-state index contributed by atoms with van der Waals surface area (Å²) in [6.07, 6.45) is 2.79. The average molecular weight is 492 g/mol. The van der Waals surface area contributed by atoms with Gasteiger partial charge < -0.3 is 20.3 Å². The van der Waals surface area contributed by atoms with E-state index >= 15 is 0 Å². The molecule has 0 unspecified atom stereocenters. The van der Waals surface area contributed by atoms with Crippen molar-refractivity contribution in [3.63, 3.8) is 0 Å². The third kappa shape index (κ3) is 7.02. The first-order valence-corrected chi connectivity index (χ1v) is 11.9. The fraction of sp³-hybridized carbons (Fsp3) is 0.296. The van der Waals surface area contributed by atoms with Gasteiger partial charge in [-0.25, -0.2) is 9.18 Å². The van der Waals surface area contributed by atoms with Crippen LogP contribution in [-0.4, -0.2) is 61.3 Å². The SMILES string of the molecule is O=C(NCc1ccc(NC(=O)c2ccccc2N2CCN(CCF)CC2)cc1)OCc1cccnc1. The van der Waals surface area contributed by atoms with Crippen molar-refractivity contribution in [1.82, 2.24) is 15.2 Å². The molecule has 3 aromatic rings. The van der Waals surface area contributed by atoms with Crippen molar-refractivity contribution in [1.29, 1.82) is 0 Å². The van der Waals surface area contributed by atoms with Crippen LogP contribution in [0, 0.1) is 0 Å². The highest BCUT2D eigenvalue weighted by Gasteiger charge is 2.21. The van der Waals surface area contributed by atoms with Gasteiger partial charge in [0.25, 0.3) is 5.91 Å². The van der Waals surface area contributed by atoms with Crippen LogP contribution in [0.15, 0.2) is 73.1 Å². The zero-order valence-corrected chi connectivity index (χ0v) is 20.0.